The molecule has 0 saturated carbocycles. The van der Waals surface area contributed by atoms with E-state index in [9.17, 15) is 9.59 Å². The minimum Gasteiger partial charge on any atom is -0.401 e. The van der Waals surface area contributed by atoms with Crippen LogP contribution in [0.25, 0.3) is 0 Å². The van der Waals surface area contributed by atoms with Crippen molar-refractivity contribution in [2.45, 2.75) is 33.3 Å². The highest BCUT2D eigenvalue weighted by Gasteiger charge is 2.14. The van der Waals surface area contributed by atoms with Crippen molar-refractivity contribution in [3.8, 4) is 0 Å². The first-order valence-electron chi connectivity index (χ1n) is 3.79. The molecule has 0 aromatic carbocycles. The highest BCUT2D eigenvalue weighted by atomic mass is 28.2. The van der Waals surface area contributed by atoms with Gasteiger partial charge in [0.2, 0.25) is 9.76 Å². The molecule has 0 spiro atoms. The van der Waals surface area contributed by atoms with Gasteiger partial charge in [0, 0.05) is 13.8 Å². The van der Waals surface area contributed by atoms with Crippen molar-refractivity contribution < 1.29 is 23.5 Å². The van der Waals surface area contributed by atoms with E-state index in [4.69, 9.17) is 4.43 Å². The molecule has 0 rings (SSSR count). The molecule has 0 aliphatic rings. The van der Waals surface area contributed by atoms with Gasteiger partial charge in [-0.2, -0.15) is 0 Å². The van der Waals surface area contributed by atoms with Crippen LogP contribution in [0.3, 0.4) is 0 Å². The molecule has 0 N–H and O–H groups in total. The number of rotatable bonds is 5. The topological polar surface area (TPSA) is 61.8 Å². The number of carbonyl (C=O) groups excluding carboxylic acids is 2. The van der Waals surface area contributed by atoms with E-state index in [2.05, 4.69) is 9.47 Å². The monoisotopic (exact) mass is 204 g/mol. The second kappa shape index (κ2) is 6.61. The Labute approximate surface area is 79.3 Å². The van der Waals surface area contributed by atoms with E-state index in [1.807, 2.05) is 6.92 Å². The SMILES string of the molecule is CC[Si]OC(OC(C)=O)OC(C)=O. The molecule has 5 nitrogen and oxygen atoms in total. The summed E-state index contributed by atoms with van der Waals surface area (Å²) in [7, 11) is 0.140. The Morgan fingerprint density at radius 1 is 1.23 bits per heavy atom. The van der Waals surface area contributed by atoms with Gasteiger partial charge in [-0.3, -0.25) is 9.59 Å². The van der Waals surface area contributed by atoms with Crippen LogP contribution in [0.5, 0.6) is 0 Å². The Balaban J connectivity index is 3.87. The van der Waals surface area contributed by atoms with Gasteiger partial charge in [-0.1, -0.05) is 6.92 Å². The van der Waals surface area contributed by atoms with Crippen LogP contribution in [-0.2, 0) is 23.5 Å². The molecule has 0 atom stereocenters. The third-order valence-electron chi connectivity index (χ3n) is 0.848. The second-order valence-electron chi connectivity index (χ2n) is 2.12. The summed E-state index contributed by atoms with van der Waals surface area (Å²) in [6, 6.07) is 0.777. The van der Waals surface area contributed by atoms with Gasteiger partial charge in [0.25, 0.3) is 0 Å². The third-order valence-corrected chi connectivity index (χ3v) is 1.50. The average Bonchev–Trinajstić information content (AvgIpc) is 1.98. The maximum Gasteiger partial charge on any atom is 0.355 e. The Hall–Kier alpha value is -0.883. The molecule has 0 fully saturated rings. The highest BCUT2D eigenvalue weighted by Crippen LogP contribution is 1.98. The number of hydrogen-bond donors (Lipinski definition) is 0. The normalized spacial score (nSPS) is 9.85. The Morgan fingerprint density at radius 3 is 2.00 bits per heavy atom. The molecular weight excluding hydrogens is 192 g/mol. The molecule has 74 valence electrons. The summed E-state index contributed by atoms with van der Waals surface area (Å²) in [5.74, 6) is -1.10. The van der Waals surface area contributed by atoms with Crippen molar-refractivity contribution >= 4 is 21.7 Å². The molecule has 0 bridgehead atoms. The molecule has 13 heavy (non-hydrogen) atoms. The van der Waals surface area contributed by atoms with Crippen molar-refractivity contribution in [1.29, 1.82) is 0 Å². The van der Waals surface area contributed by atoms with Crippen LogP contribution in [0, 0.1) is 0 Å². The summed E-state index contributed by atoms with van der Waals surface area (Å²) >= 11 is 0. The summed E-state index contributed by atoms with van der Waals surface area (Å²) in [6.45, 7) is 3.13. The van der Waals surface area contributed by atoms with Crippen LogP contribution >= 0.6 is 0 Å². The fourth-order valence-corrected chi connectivity index (χ4v) is 0.894. The Kier molecular flexibility index (Phi) is 6.16. The van der Waals surface area contributed by atoms with Gasteiger partial charge in [-0.15, -0.1) is 0 Å². The first-order chi connectivity index (χ1) is 6.06. The van der Waals surface area contributed by atoms with Crippen molar-refractivity contribution in [1.82, 2.24) is 0 Å². The van der Waals surface area contributed by atoms with E-state index in [-0.39, 0.29) is 9.76 Å². The predicted octanol–water partition coefficient (Wildman–Crippen LogP) is 0.470. The molecule has 6 heteroatoms. The first kappa shape index (κ1) is 12.1. The van der Waals surface area contributed by atoms with Crippen LogP contribution in [0.15, 0.2) is 0 Å². The Morgan fingerprint density at radius 2 is 1.69 bits per heavy atom. The van der Waals surface area contributed by atoms with Crippen LogP contribution < -0.4 is 0 Å². The van der Waals surface area contributed by atoms with E-state index in [0.29, 0.717) is 0 Å². The van der Waals surface area contributed by atoms with Crippen LogP contribution in [0.2, 0.25) is 6.04 Å². The highest BCUT2D eigenvalue weighted by molar-refractivity contribution is 6.26. The van der Waals surface area contributed by atoms with Crippen LogP contribution in [0.4, 0.5) is 0 Å². The number of hydrogen-bond acceptors (Lipinski definition) is 5. The van der Waals surface area contributed by atoms with Gasteiger partial charge < -0.3 is 13.9 Å². The maximum atomic E-state index is 10.5. The van der Waals surface area contributed by atoms with E-state index >= 15 is 0 Å². The standard InChI is InChI=1S/C7H12O5Si/c1-4-13-12-7(10-5(2)8)11-6(3)9/h7H,4H2,1-3H3. The van der Waals surface area contributed by atoms with Crippen molar-refractivity contribution in [2.24, 2.45) is 0 Å². The molecule has 0 aromatic rings. The first-order valence-corrected chi connectivity index (χ1v) is 4.90. The minimum absolute atomic E-state index is 0.140. The van der Waals surface area contributed by atoms with Crippen molar-refractivity contribution in [2.75, 3.05) is 0 Å². The van der Waals surface area contributed by atoms with Gasteiger partial charge >= 0.3 is 18.4 Å². The quantitative estimate of drug-likeness (QED) is 0.370. The number of esters is 2. The minimum atomic E-state index is -1.20. The zero-order valence-corrected chi connectivity index (χ0v) is 8.83. The summed E-state index contributed by atoms with van der Waals surface area (Å²) in [6.07, 6.45) is 0. The molecular formula is C7H12O5Si. The van der Waals surface area contributed by atoms with E-state index in [0.717, 1.165) is 6.04 Å². The fourth-order valence-electron chi connectivity index (χ4n) is 0.495. The summed E-state index contributed by atoms with van der Waals surface area (Å²) in [5.41, 5.74) is 0. The maximum absolute atomic E-state index is 10.5. The molecule has 0 aliphatic heterocycles. The van der Waals surface area contributed by atoms with Gasteiger partial charge in [0.1, 0.15) is 0 Å². The van der Waals surface area contributed by atoms with Crippen molar-refractivity contribution in [3.05, 3.63) is 0 Å². The van der Waals surface area contributed by atoms with Gasteiger partial charge in [0.05, 0.1) is 0 Å². The fraction of sp³-hybridized carbons (Fsp3) is 0.714. The molecule has 0 aromatic heterocycles. The van der Waals surface area contributed by atoms with E-state index < -0.39 is 18.4 Å². The molecule has 2 radical (unpaired) electrons. The second-order valence-corrected chi connectivity index (χ2v) is 3.35. The Bertz CT molecular complexity index is 166. The molecule has 0 unspecified atom stereocenters. The smallest absolute Gasteiger partial charge is 0.355 e. The molecule has 0 aliphatic carbocycles. The lowest BCUT2D eigenvalue weighted by atomic mass is 10.8. The largest absolute Gasteiger partial charge is 0.401 e. The molecule has 0 amide bonds. The number of carbonyl (C=O) groups is 2. The summed E-state index contributed by atoms with van der Waals surface area (Å²) in [5, 5.41) is 0. The van der Waals surface area contributed by atoms with Crippen LogP contribution in [0.1, 0.15) is 20.8 Å². The lowest BCUT2D eigenvalue weighted by Crippen LogP contribution is -2.26. The van der Waals surface area contributed by atoms with Gasteiger partial charge in [-0.25, -0.2) is 0 Å². The van der Waals surface area contributed by atoms with Crippen LogP contribution in [-0.4, -0.2) is 28.2 Å². The lowest BCUT2D eigenvalue weighted by Gasteiger charge is -2.15. The third kappa shape index (κ3) is 7.48. The van der Waals surface area contributed by atoms with Gasteiger partial charge in [-0.05, 0) is 6.04 Å². The zero-order chi connectivity index (χ0) is 10.3. The molecule has 0 saturated heterocycles. The summed E-state index contributed by atoms with van der Waals surface area (Å²) < 4.78 is 14.1. The lowest BCUT2D eigenvalue weighted by molar-refractivity contribution is -0.233. The average molecular weight is 204 g/mol. The summed E-state index contributed by atoms with van der Waals surface area (Å²) in [4.78, 5) is 21.0. The zero-order valence-electron chi connectivity index (χ0n) is 7.83. The predicted molar refractivity (Wildman–Crippen MR) is 44.6 cm³/mol. The molecule has 0 heterocycles. The van der Waals surface area contributed by atoms with Crippen molar-refractivity contribution in [3.63, 3.8) is 0 Å². The number of ether oxygens (including phenoxy) is 2. The van der Waals surface area contributed by atoms with E-state index in [1.54, 1.807) is 0 Å². The van der Waals surface area contributed by atoms with E-state index in [1.165, 1.54) is 13.8 Å². The van der Waals surface area contributed by atoms with Gasteiger partial charge in [0.15, 0.2) is 0 Å².